The molecule has 0 radical (unpaired) electrons. The van der Waals surface area contributed by atoms with Gasteiger partial charge in [-0.15, -0.1) is 0 Å². The van der Waals surface area contributed by atoms with Gasteiger partial charge in [0.05, 0.1) is 23.9 Å². The summed E-state index contributed by atoms with van der Waals surface area (Å²) in [5.74, 6) is -7.99. The maximum absolute atomic E-state index is 10.6. The summed E-state index contributed by atoms with van der Waals surface area (Å²) >= 11 is 0. The van der Waals surface area contributed by atoms with Gasteiger partial charge in [-0.2, -0.15) is 0 Å². The van der Waals surface area contributed by atoms with Crippen molar-refractivity contribution in [1.82, 2.24) is 0 Å². The second kappa shape index (κ2) is 12.5. The van der Waals surface area contributed by atoms with Crippen molar-refractivity contribution in [2.75, 3.05) is 0 Å². The van der Waals surface area contributed by atoms with Crippen LogP contribution in [0.2, 0.25) is 0 Å². The molecule has 0 heterocycles. The molecule has 0 bridgehead atoms. The Hall–Kier alpha value is 0.0610. The summed E-state index contributed by atoms with van der Waals surface area (Å²) in [7, 11) is 0. The van der Waals surface area contributed by atoms with Crippen LogP contribution in [-0.2, 0) is 89.5 Å². The Bertz CT molecular complexity index is 488. The van der Waals surface area contributed by atoms with Gasteiger partial charge in [0.15, 0.2) is 0 Å². The first-order valence-corrected chi connectivity index (χ1v) is 4.29. The molecule has 22 heavy (non-hydrogen) atoms. The fraction of sp³-hybridized carbons (Fsp3) is 0. The van der Waals surface area contributed by atoms with E-state index in [1.807, 2.05) is 0 Å². The molecule has 0 atom stereocenters. The molecule has 0 aliphatic carbocycles. The predicted octanol–water partition coefficient (Wildman–Crippen LogP) is -4.87. The summed E-state index contributed by atoms with van der Waals surface area (Å²) in [6.07, 6.45) is 0. The molecule has 1 aromatic rings. The van der Waals surface area contributed by atoms with Crippen LogP contribution in [0, 0.1) is 0 Å². The second-order valence-corrected chi connectivity index (χ2v) is 3.09. The molecule has 12 heteroatoms. The maximum Gasteiger partial charge on any atom is 1.00 e. The summed E-state index contributed by atoms with van der Waals surface area (Å²) in [6.45, 7) is 0. The Morgan fingerprint density at radius 1 is 0.500 bits per heavy atom. The molecule has 0 fully saturated rings. The van der Waals surface area contributed by atoms with Crippen molar-refractivity contribution >= 4 is 23.9 Å². The zero-order chi connectivity index (χ0) is 14.0. The van der Waals surface area contributed by atoms with Gasteiger partial charge in [-0.25, -0.2) is 0 Å². The largest absolute Gasteiger partial charge is 1.00 e. The first-order chi connectivity index (χ1) is 8.25. The van der Waals surface area contributed by atoms with Crippen molar-refractivity contribution in [2.45, 2.75) is 0 Å². The Labute approximate surface area is 185 Å². The van der Waals surface area contributed by atoms with Gasteiger partial charge in [-0.3, -0.25) is 0 Å². The van der Waals surface area contributed by atoms with E-state index in [2.05, 4.69) is 0 Å². The van der Waals surface area contributed by atoms with Gasteiger partial charge in [0.2, 0.25) is 0 Å². The number of carboxylic acid groups (broad SMARTS) is 4. The van der Waals surface area contributed by atoms with E-state index in [4.69, 9.17) is 0 Å². The van der Waals surface area contributed by atoms with E-state index in [1.54, 1.807) is 0 Å². The first-order valence-electron chi connectivity index (χ1n) is 4.29. The van der Waals surface area contributed by atoms with E-state index in [9.17, 15) is 39.6 Å². The van der Waals surface area contributed by atoms with Crippen LogP contribution in [0.25, 0.3) is 0 Å². The van der Waals surface area contributed by atoms with Crippen LogP contribution in [-0.4, -0.2) is 23.9 Å². The standard InChI is InChI=1S/C10H6O8.4Ag/c11-7(12)3-1-4(8(13)14)6(10(17)18)2-5(3)9(15)16;;;;/h1-2H,(H,11,12)(H,13,14)(H,15,16)(H,17,18);;;;/q;4*+1/p-4. The molecule has 1 aromatic carbocycles. The Kier molecular flexibility index (Phi) is 17.0. The van der Waals surface area contributed by atoms with Gasteiger partial charge in [-0.05, 0) is 12.1 Å². The second-order valence-electron chi connectivity index (χ2n) is 3.09. The predicted molar refractivity (Wildman–Crippen MR) is 43.8 cm³/mol. The minimum absolute atomic E-state index is 0. The summed E-state index contributed by atoms with van der Waals surface area (Å²) in [5, 5.41) is 42.4. The van der Waals surface area contributed by atoms with Crippen molar-refractivity contribution in [2.24, 2.45) is 0 Å². The average molecular weight is 682 g/mol. The van der Waals surface area contributed by atoms with E-state index in [1.165, 1.54) is 0 Å². The molecule has 0 amide bonds. The van der Waals surface area contributed by atoms with E-state index in [-0.39, 0.29) is 89.5 Å². The maximum atomic E-state index is 10.6. The zero-order valence-corrected chi connectivity index (χ0v) is 15.6. The van der Waals surface area contributed by atoms with Crippen molar-refractivity contribution < 1.29 is 129 Å². The third-order valence-corrected chi connectivity index (χ3v) is 2.04. The quantitative estimate of drug-likeness (QED) is 0.286. The van der Waals surface area contributed by atoms with E-state index < -0.39 is 46.1 Å². The van der Waals surface area contributed by atoms with Crippen LogP contribution in [0.3, 0.4) is 0 Å². The smallest absolute Gasteiger partial charge is 0.545 e. The number of benzene rings is 1. The molecule has 0 aromatic heterocycles. The minimum atomic E-state index is -2.00. The molecule has 0 aliphatic heterocycles. The first kappa shape index (κ1) is 30.0. The van der Waals surface area contributed by atoms with Crippen LogP contribution < -0.4 is 20.4 Å². The van der Waals surface area contributed by atoms with Crippen molar-refractivity contribution in [3.8, 4) is 0 Å². The van der Waals surface area contributed by atoms with Gasteiger partial charge in [-0.1, -0.05) is 0 Å². The van der Waals surface area contributed by atoms with Gasteiger partial charge in [0.25, 0.3) is 0 Å². The van der Waals surface area contributed by atoms with Crippen LogP contribution in [0.5, 0.6) is 0 Å². The summed E-state index contributed by atoms with van der Waals surface area (Å²) < 4.78 is 0. The molecular formula is C10H2Ag4O8. The van der Waals surface area contributed by atoms with Gasteiger partial charge in [0.1, 0.15) is 0 Å². The van der Waals surface area contributed by atoms with E-state index >= 15 is 0 Å². The van der Waals surface area contributed by atoms with Gasteiger partial charge >= 0.3 is 89.5 Å². The molecule has 0 saturated carbocycles. The molecule has 0 N–H and O–H groups in total. The Balaban J connectivity index is -0.000000405. The topological polar surface area (TPSA) is 161 Å². The molecule has 8 nitrogen and oxygen atoms in total. The number of aromatic carboxylic acids is 4. The normalized spacial score (nSPS) is 8.00. The Morgan fingerprint density at radius 3 is 0.727 bits per heavy atom. The molecule has 0 unspecified atom stereocenters. The molecule has 0 saturated heterocycles. The average Bonchev–Trinajstić information content (AvgIpc) is 2.26. The third-order valence-electron chi connectivity index (χ3n) is 2.04. The van der Waals surface area contributed by atoms with Crippen molar-refractivity contribution in [1.29, 1.82) is 0 Å². The fourth-order valence-corrected chi connectivity index (χ4v) is 1.28. The minimum Gasteiger partial charge on any atom is -0.545 e. The van der Waals surface area contributed by atoms with Gasteiger partial charge < -0.3 is 39.6 Å². The third kappa shape index (κ3) is 7.09. The van der Waals surface area contributed by atoms with Crippen molar-refractivity contribution in [3.63, 3.8) is 0 Å². The SMILES string of the molecule is O=C([O-])c1cc(C(=O)[O-])c(C(=O)[O-])cc1C(=O)[O-].[Ag+].[Ag+].[Ag+].[Ag+]. The number of carbonyl (C=O) groups excluding carboxylic acids is 4. The van der Waals surface area contributed by atoms with Crippen LogP contribution >= 0.6 is 0 Å². The number of hydrogen-bond acceptors (Lipinski definition) is 8. The Morgan fingerprint density at radius 2 is 0.636 bits per heavy atom. The number of hydrogen-bond donors (Lipinski definition) is 0. The van der Waals surface area contributed by atoms with E-state index in [0.717, 1.165) is 0 Å². The van der Waals surface area contributed by atoms with Gasteiger partial charge in [0, 0.05) is 22.3 Å². The van der Waals surface area contributed by atoms with Crippen LogP contribution in [0.15, 0.2) is 12.1 Å². The number of rotatable bonds is 4. The summed E-state index contributed by atoms with van der Waals surface area (Å²) in [5.41, 5.74) is -4.11. The fourth-order valence-electron chi connectivity index (χ4n) is 1.28. The monoisotopic (exact) mass is 678 g/mol. The summed E-state index contributed by atoms with van der Waals surface area (Å²) in [6, 6.07) is 0.613. The molecule has 0 aliphatic rings. The van der Waals surface area contributed by atoms with E-state index in [0.29, 0.717) is 12.1 Å². The molecule has 1 rings (SSSR count). The van der Waals surface area contributed by atoms with Crippen molar-refractivity contribution in [3.05, 3.63) is 34.4 Å². The summed E-state index contributed by atoms with van der Waals surface area (Å²) in [4.78, 5) is 42.4. The number of carboxylic acids is 4. The molecule has 0 spiro atoms. The van der Waals surface area contributed by atoms with Crippen LogP contribution in [0.1, 0.15) is 41.4 Å². The van der Waals surface area contributed by atoms with Crippen LogP contribution in [0.4, 0.5) is 0 Å². The molecular weight excluding hydrogens is 680 g/mol. The zero-order valence-electron chi connectivity index (χ0n) is 9.63. The molecule has 134 valence electrons. The number of carbonyl (C=O) groups is 4.